The molecule has 19 heavy (non-hydrogen) atoms. The molecule has 2 rings (SSSR count). The fourth-order valence-corrected chi connectivity index (χ4v) is 2.86. The van der Waals surface area contributed by atoms with Gasteiger partial charge in [0.1, 0.15) is 5.75 Å². The highest BCUT2D eigenvalue weighted by atomic mass is 32.1. The van der Waals surface area contributed by atoms with Crippen LogP contribution in [0.1, 0.15) is 17.2 Å². The molecule has 0 aliphatic heterocycles. The minimum absolute atomic E-state index is 0.204. The van der Waals surface area contributed by atoms with E-state index in [4.69, 9.17) is 10.5 Å². The quantitative estimate of drug-likeness (QED) is 0.881. The molecule has 1 aromatic carbocycles. The Labute approximate surface area is 118 Å². The molecule has 0 bridgehead atoms. The molecule has 0 radical (unpaired) electrons. The summed E-state index contributed by atoms with van der Waals surface area (Å²) in [5, 5.41) is 4.28. The summed E-state index contributed by atoms with van der Waals surface area (Å²) in [6.07, 6.45) is 0. The number of methoxy groups -OCH3 is 1. The molecule has 102 valence electrons. The van der Waals surface area contributed by atoms with Crippen LogP contribution in [0.3, 0.4) is 0 Å². The Bertz CT molecular complexity index is 499. The molecule has 1 atom stereocenters. The average Bonchev–Trinajstić information content (AvgIpc) is 2.92. The van der Waals surface area contributed by atoms with E-state index in [2.05, 4.69) is 40.9 Å². The van der Waals surface area contributed by atoms with Crippen molar-refractivity contribution in [3.63, 3.8) is 0 Å². The minimum Gasteiger partial charge on any atom is -0.497 e. The maximum Gasteiger partial charge on any atom is 0.119 e. The van der Waals surface area contributed by atoms with Crippen LogP contribution in [0.25, 0.3) is 0 Å². The van der Waals surface area contributed by atoms with E-state index in [0.717, 1.165) is 12.3 Å². The third-order valence-electron chi connectivity index (χ3n) is 3.25. The standard InChI is InChI=1S/C15H20N2OS/c1-17(10-12-6-7-19-11-12)15(9-16)13-4-3-5-14(8-13)18-2/h3-8,11,15H,9-10,16H2,1-2H3. The summed E-state index contributed by atoms with van der Waals surface area (Å²) < 4.78 is 5.28. The second kappa shape index (κ2) is 6.70. The molecule has 0 saturated heterocycles. The number of hydrogen-bond donors (Lipinski definition) is 1. The van der Waals surface area contributed by atoms with Gasteiger partial charge in [-0.05, 0) is 47.1 Å². The number of thiophene rings is 1. The van der Waals surface area contributed by atoms with Gasteiger partial charge in [-0.25, -0.2) is 0 Å². The summed E-state index contributed by atoms with van der Waals surface area (Å²) in [5.41, 5.74) is 8.47. The average molecular weight is 276 g/mol. The first-order valence-electron chi connectivity index (χ1n) is 6.30. The summed E-state index contributed by atoms with van der Waals surface area (Å²) in [5.74, 6) is 0.875. The second-order valence-electron chi connectivity index (χ2n) is 4.57. The molecule has 0 spiro atoms. The lowest BCUT2D eigenvalue weighted by molar-refractivity contribution is 0.241. The SMILES string of the molecule is COc1cccc(C(CN)N(C)Cc2ccsc2)c1. The van der Waals surface area contributed by atoms with Gasteiger partial charge in [0, 0.05) is 19.1 Å². The number of likely N-dealkylation sites (N-methyl/N-ethyl adjacent to an activating group) is 1. The first-order chi connectivity index (χ1) is 9.24. The molecule has 1 unspecified atom stereocenters. The van der Waals surface area contributed by atoms with Gasteiger partial charge in [0.2, 0.25) is 0 Å². The first kappa shape index (κ1) is 14.1. The monoisotopic (exact) mass is 276 g/mol. The van der Waals surface area contributed by atoms with Crippen molar-refractivity contribution in [1.29, 1.82) is 0 Å². The lowest BCUT2D eigenvalue weighted by Crippen LogP contribution is -2.30. The van der Waals surface area contributed by atoms with Gasteiger partial charge in [-0.2, -0.15) is 11.3 Å². The Morgan fingerprint density at radius 2 is 2.21 bits per heavy atom. The van der Waals surface area contributed by atoms with Gasteiger partial charge in [-0.1, -0.05) is 12.1 Å². The van der Waals surface area contributed by atoms with Crippen LogP contribution in [0, 0.1) is 0 Å². The molecule has 0 amide bonds. The van der Waals surface area contributed by atoms with Gasteiger partial charge in [0.25, 0.3) is 0 Å². The zero-order valence-corrected chi connectivity index (χ0v) is 12.2. The van der Waals surface area contributed by atoms with Gasteiger partial charge in [-0.3, -0.25) is 4.90 Å². The molecule has 0 saturated carbocycles. The zero-order chi connectivity index (χ0) is 13.7. The van der Waals surface area contributed by atoms with Crippen molar-refractivity contribution in [2.24, 2.45) is 5.73 Å². The maximum absolute atomic E-state index is 5.95. The molecule has 4 heteroatoms. The number of ether oxygens (including phenoxy) is 1. The van der Waals surface area contributed by atoms with Crippen molar-refractivity contribution in [2.75, 3.05) is 20.7 Å². The molecular formula is C15H20N2OS. The van der Waals surface area contributed by atoms with E-state index in [1.807, 2.05) is 12.1 Å². The van der Waals surface area contributed by atoms with Gasteiger partial charge in [0.15, 0.2) is 0 Å². The normalized spacial score (nSPS) is 12.6. The minimum atomic E-state index is 0.204. The molecule has 3 nitrogen and oxygen atoms in total. The highest BCUT2D eigenvalue weighted by Gasteiger charge is 2.16. The summed E-state index contributed by atoms with van der Waals surface area (Å²) in [6.45, 7) is 1.50. The molecule has 2 N–H and O–H groups in total. The first-order valence-corrected chi connectivity index (χ1v) is 7.24. The predicted octanol–water partition coefficient (Wildman–Crippen LogP) is 2.89. The number of benzene rings is 1. The van der Waals surface area contributed by atoms with Crippen LogP contribution in [0.5, 0.6) is 5.75 Å². The maximum atomic E-state index is 5.95. The number of hydrogen-bond acceptors (Lipinski definition) is 4. The number of nitrogens with zero attached hydrogens (tertiary/aromatic N) is 1. The number of nitrogens with two attached hydrogens (primary N) is 1. The van der Waals surface area contributed by atoms with Crippen molar-refractivity contribution < 1.29 is 4.74 Å². The Kier molecular flexibility index (Phi) is 4.96. The van der Waals surface area contributed by atoms with Crippen LogP contribution in [0.2, 0.25) is 0 Å². The van der Waals surface area contributed by atoms with Crippen LogP contribution in [-0.4, -0.2) is 25.6 Å². The fraction of sp³-hybridized carbons (Fsp3) is 0.333. The summed E-state index contributed by atoms with van der Waals surface area (Å²) >= 11 is 1.72. The molecule has 1 heterocycles. The molecule has 0 aliphatic rings. The Balaban J connectivity index is 2.13. The lowest BCUT2D eigenvalue weighted by atomic mass is 10.0. The van der Waals surface area contributed by atoms with E-state index in [9.17, 15) is 0 Å². The topological polar surface area (TPSA) is 38.5 Å². The smallest absolute Gasteiger partial charge is 0.119 e. The summed E-state index contributed by atoms with van der Waals surface area (Å²) in [4.78, 5) is 2.27. The molecule has 1 aromatic heterocycles. The Morgan fingerprint density at radius 1 is 1.37 bits per heavy atom. The third kappa shape index (κ3) is 3.56. The van der Waals surface area contributed by atoms with Crippen LogP contribution in [-0.2, 0) is 6.54 Å². The molecule has 0 fully saturated rings. The zero-order valence-electron chi connectivity index (χ0n) is 11.4. The van der Waals surface area contributed by atoms with E-state index in [0.29, 0.717) is 6.54 Å². The fourth-order valence-electron chi connectivity index (χ4n) is 2.20. The van der Waals surface area contributed by atoms with Gasteiger partial charge >= 0.3 is 0 Å². The van der Waals surface area contributed by atoms with E-state index >= 15 is 0 Å². The van der Waals surface area contributed by atoms with Crippen LogP contribution in [0.15, 0.2) is 41.1 Å². The number of rotatable bonds is 6. The highest BCUT2D eigenvalue weighted by molar-refractivity contribution is 7.07. The summed E-state index contributed by atoms with van der Waals surface area (Å²) in [7, 11) is 3.79. The third-order valence-corrected chi connectivity index (χ3v) is 3.98. The van der Waals surface area contributed by atoms with Crippen LogP contribution >= 0.6 is 11.3 Å². The van der Waals surface area contributed by atoms with Crippen LogP contribution < -0.4 is 10.5 Å². The Morgan fingerprint density at radius 3 is 2.84 bits per heavy atom. The van der Waals surface area contributed by atoms with Crippen molar-refractivity contribution in [2.45, 2.75) is 12.6 Å². The Hall–Kier alpha value is -1.36. The van der Waals surface area contributed by atoms with E-state index in [-0.39, 0.29) is 6.04 Å². The predicted molar refractivity (Wildman–Crippen MR) is 80.6 cm³/mol. The van der Waals surface area contributed by atoms with Crippen molar-refractivity contribution >= 4 is 11.3 Å². The van der Waals surface area contributed by atoms with Crippen LogP contribution in [0.4, 0.5) is 0 Å². The van der Waals surface area contributed by atoms with Gasteiger partial charge in [-0.15, -0.1) is 0 Å². The van der Waals surface area contributed by atoms with Gasteiger partial charge in [0.05, 0.1) is 7.11 Å². The second-order valence-corrected chi connectivity index (χ2v) is 5.35. The van der Waals surface area contributed by atoms with E-state index in [1.54, 1.807) is 18.4 Å². The highest BCUT2D eigenvalue weighted by Crippen LogP contribution is 2.24. The van der Waals surface area contributed by atoms with Crippen molar-refractivity contribution in [3.05, 3.63) is 52.2 Å². The van der Waals surface area contributed by atoms with Crippen molar-refractivity contribution in [1.82, 2.24) is 4.90 Å². The van der Waals surface area contributed by atoms with E-state index in [1.165, 1.54) is 11.1 Å². The van der Waals surface area contributed by atoms with Gasteiger partial charge < -0.3 is 10.5 Å². The molecule has 0 aliphatic carbocycles. The lowest BCUT2D eigenvalue weighted by Gasteiger charge is -2.27. The van der Waals surface area contributed by atoms with E-state index < -0.39 is 0 Å². The van der Waals surface area contributed by atoms with Crippen molar-refractivity contribution in [3.8, 4) is 5.75 Å². The largest absolute Gasteiger partial charge is 0.497 e. The molecule has 2 aromatic rings. The molecular weight excluding hydrogens is 256 g/mol. The summed E-state index contributed by atoms with van der Waals surface area (Å²) in [6, 6.07) is 10.5.